The Hall–Kier alpha value is -1.27. The van der Waals surface area contributed by atoms with E-state index >= 15 is 0 Å². The molecule has 0 bridgehead atoms. The van der Waals surface area contributed by atoms with E-state index in [0.29, 0.717) is 13.0 Å². The van der Waals surface area contributed by atoms with E-state index in [-0.39, 0.29) is 30.3 Å². The van der Waals surface area contributed by atoms with Gasteiger partial charge in [-0.05, 0) is 42.9 Å². The van der Waals surface area contributed by atoms with Crippen molar-refractivity contribution in [3.63, 3.8) is 0 Å². The van der Waals surface area contributed by atoms with Gasteiger partial charge in [0.25, 0.3) is 0 Å². The number of amides is 1. The van der Waals surface area contributed by atoms with Gasteiger partial charge in [0.2, 0.25) is 5.91 Å². The molecule has 1 aromatic carbocycles. The maximum atomic E-state index is 12.6. The number of rotatable bonds is 4. The van der Waals surface area contributed by atoms with Crippen LogP contribution in [0.1, 0.15) is 49.7 Å². The monoisotopic (exact) mass is 364 g/mol. The molecule has 0 spiro atoms. The topological polar surface area (TPSA) is 46.3 Å². The van der Waals surface area contributed by atoms with Crippen LogP contribution in [0.3, 0.4) is 0 Å². The third kappa shape index (κ3) is 5.11. The summed E-state index contributed by atoms with van der Waals surface area (Å²) in [7, 11) is 0. The molecular formula is C17H24ClF3N2O. The maximum Gasteiger partial charge on any atom is 0.416 e. The van der Waals surface area contributed by atoms with Crippen molar-refractivity contribution in [2.24, 2.45) is 5.73 Å². The molecule has 1 heterocycles. The van der Waals surface area contributed by atoms with Gasteiger partial charge in [-0.25, -0.2) is 0 Å². The van der Waals surface area contributed by atoms with Crippen molar-refractivity contribution in [2.75, 3.05) is 13.1 Å². The summed E-state index contributed by atoms with van der Waals surface area (Å²) < 4.78 is 37.7. The van der Waals surface area contributed by atoms with E-state index in [1.54, 1.807) is 0 Å². The smallest absolute Gasteiger partial charge is 0.338 e. The molecule has 2 rings (SSSR count). The van der Waals surface area contributed by atoms with Crippen LogP contribution in [-0.4, -0.2) is 29.9 Å². The second-order valence-electron chi connectivity index (χ2n) is 6.20. The molecule has 1 amide bonds. The number of carbonyl (C=O) groups excluding carboxylic acids is 1. The number of piperidine rings is 1. The van der Waals surface area contributed by atoms with Crippen LogP contribution in [0.5, 0.6) is 0 Å². The van der Waals surface area contributed by atoms with Crippen molar-refractivity contribution in [3.05, 3.63) is 35.4 Å². The zero-order valence-corrected chi connectivity index (χ0v) is 14.5. The van der Waals surface area contributed by atoms with E-state index in [1.807, 2.05) is 11.8 Å². The molecular weight excluding hydrogens is 341 g/mol. The van der Waals surface area contributed by atoms with Crippen LogP contribution in [-0.2, 0) is 11.0 Å². The summed E-state index contributed by atoms with van der Waals surface area (Å²) in [6, 6.07) is 5.14. The fourth-order valence-electron chi connectivity index (χ4n) is 3.07. The van der Waals surface area contributed by atoms with Gasteiger partial charge in [0, 0.05) is 25.6 Å². The Labute approximate surface area is 146 Å². The first-order chi connectivity index (χ1) is 10.8. The first kappa shape index (κ1) is 20.8. The van der Waals surface area contributed by atoms with Crippen LogP contribution in [0, 0.1) is 0 Å². The first-order valence-corrected chi connectivity index (χ1v) is 7.99. The van der Waals surface area contributed by atoms with E-state index in [4.69, 9.17) is 5.73 Å². The van der Waals surface area contributed by atoms with Crippen LogP contribution in [0.4, 0.5) is 13.2 Å². The summed E-state index contributed by atoms with van der Waals surface area (Å²) in [4.78, 5) is 14.3. The van der Waals surface area contributed by atoms with E-state index in [0.717, 1.165) is 43.5 Å². The number of benzene rings is 1. The zero-order valence-electron chi connectivity index (χ0n) is 13.7. The number of halogens is 4. The lowest BCUT2D eigenvalue weighted by molar-refractivity contribution is -0.138. The van der Waals surface area contributed by atoms with E-state index < -0.39 is 11.7 Å². The molecule has 1 fully saturated rings. The van der Waals surface area contributed by atoms with Gasteiger partial charge in [-0.1, -0.05) is 19.1 Å². The van der Waals surface area contributed by atoms with Crippen molar-refractivity contribution in [1.82, 2.24) is 4.90 Å². The Morgan fingerprint density at radius 2 is 1.92 bits per heavy atom. The molecule has 0 aliphatic carbocycles. The van der Waals surface area contributed by atoms with Gasteiger partial charge in [0.05, 0.1) is 5.56 Å². The molecule has 24 heavy (non-hydrogen) atoms. The molecule has 1 aliphatic heterocycles. The minimum atomic E-state index is -4.33. The quantitative estimate of drug-likeness (QED) is 0.879. The average Bonchev–Trinajstić information content (AvgIpc) is 2.54. The largest absolute Gasteiger partial charge is 0.416 e. The number of nitrogens with zero attached hydrogens (tertiary/aromatic N) is 1. The molecule has 1 aromatic rings. The minimum absolute atomic E-state index is 0. The molecule has 0 saturated carbocycles. The minimum Gasteiger partial charge on any atom is -0.338 e. The number of carbonyl (C=O) groups is 1. The molecule has 2 N–H and O–H groups in total. The molecule has 1 aliphatic rings. The molecule has 7 heteroatoms. The van der Waals surface area contributed by atoms with Crippen LogP contribution in [0.25, 0.3) is 0 Å². The van der Waals surface area contributed by atoms with E-state index in [1.165, 1.54) is 12.1 Å². The van der Waals surface area contributed by atoms with Crippen LogP contribution in [0.15, 0.2) is 24.3 Å². The maximum absolute atomic E-state index is 12.6. The Bertz CT molecular complexity index is 534. The Balaban J connectivity index is 0.00000288. The number of nitrogens with two attached hydrogens (primary N) is 1. The second kappa shape index (κ2) is 8.72. The summed E-state index contributed by atoms with van der Waals surface area (Å²) in [5, 5.41) is 0. The molecule has 0 aromatic heterocycles. The van der Waals surface area contributed by atoms with E-state index in [9.17, 15) is 18.0 Å². The molecule has 0 radical (unpaired) electrons. The fourth-order valence-corrected chi connectivity index (χ4v) is 3.07. The van der Waals surface area contributed by atoms with Gasteiger partial charge in [0.15, 0.2) is 0 Å². The Kier molecular flexibility index (Phi) is 7.55. The summed E-state index contributed by atoms with van der Waals surface area (Å²) in [6.07, 6.45) is -1.05. The van der Waals surface area contributed by atoms with Crippen LogP contribution in [0.2, 0.25) is 0 Å². The molecule has 1 saturated heterocycles. The standard InChI is InChI=1S/C17H23F3N2O.ClH/c1-12(13-5-7-14(8-6-13)17(18,19)20)10-16(23)22-9-3-2-4-15(22)11-21;/h5-8,12,15H,2-4,9-11,21H2,1H3;1H. The van der Waals surface area contributed by atoms with Crippen molar-refractivity contribution in [2.45, 2.75) is 50.7 Å². The Morgan fingerprint density at radius 3 is 2.46 bits per heavy atom. The number of hydrogen-bond acceptors (Lipinski definition) is 2. The molecule has 136 valence electrons. The molecule has 2 atom stereocenters. The zero-order chi connectivity index (χ0) is 17.0. The normalized spacial score (nSPS) is 19.5. The van der Waals surface area contributed by atoms with Gasteiger partial charge in [-0.2, -0.15) is 13.2 Å². The van der Waals surface area contributed by atoms with Gasteiger partial charge in [0.1, 0.15) is 0 Å². The summed E-state index contributed by atoms with van der Waals surface area (Å²) >= 11 is 0. The highest BCUT2D eigenvalue weighted by molar-refractivity contribution is 5.85. The van der Waals surface area contributed by atoms with Crippen molar-refractivity contribution in [1.29, 1.82) is 0 Å². The lowest BCUT2D eigenvalue weighted by atomic mass is 9.94. The summed E-state index contributed by atoms with van der Waals surface area (Å²) in [6.45, 7) is 3.04. The molecule has 2 unspecified atom stereocenters. The van der Waals surface area contributed by atoms with Crippen LogP contribution < -0.4 is 5.73 Å². The first-order valence-electron chi connectivity index (χ1n) is 7.99. The third-order valence-corrected chi connectivity index (χ3v) is 4.51. The van der Waals surface area contributed by atoms with Crippen molar-refractivity contribution < 1.29 is 18.0 Å². The number of hydrogen-bond donors (Lipinski definition) is 1. The van der Waals surface area contributed by atoms with Gasteiger partial charge >= 0.3 is 6.18 Å². The third-order valence-electron chi connectivity index (χ3n) is 4.51. The molecule has 3 nitrogen and oxygen atoms in total. The predicted octanol–water partition coefficient (Wildman–Crippen LogP) is 3.96. The van der Waals surface area contributed by atoms with Gasteiger partial charge in [-0.15, -0.1) is 12.4 Å². The lowest BCUT2D eigenvalue weighted by Gasteiger charge is -2.35. The van der Waals surface area contributed by atoms with Gasteiger partial charge in [-0.3, -0.25) is 4.79 Å². The highest BCUT2D eigenvalue weighted by Crippen LogP contribution is 2.31. The fraction of sp³-hybridized carbons (Fsp3) is 0.588. The highest BCUT2D eigenvalue weighted by Gasteiger charge is 2.30. The van der Waals surface area contributed by atoms with E-state index in [2.05, 4.69) is 0 Å². The highest BCUT2D eigenvalue weighted by atomic mass is 35.5. The number of alkyl halides is 3. The SMILES string of the molecule is CC(CC(=O)N1CCCCC1CN)c1ccc(C(F)(F)F)cc1.Cl. The summed E-state index contributed by atoms with van der Waals surface area (Å²) in [5.41, 5.74) is 5.81. The second-order valence-corrected chi connectivity index (χ2v) is 6.20. The van der Waals surface area contributed by atoms with Crippen molar-refractivity contribution >= 4 is 18.3 Å². The Morgan fingerprint density at radius 1 is 1.29 bits per heavy atom. The van der Waals surface area contributed by atoms with Crippen LogP contribution >= 0.6 is 12.4 Å². The average molecular weight is 365 g/mol. The lowest BCUT2D eigenvalue weighted by Crippen LogP contribution is -2.47. The predicted molar refractivity (Wildman–Crippen MR) is 90.1 cm³/mol. The summed E-state index contributed by atoms with van der Waals surface area (Å²) in [5.74, 6) is -0.0855. The van der Waals surface area contributed by atoms with Gasteiger partial charge < -0.3 is 10.6 Å². The van der Waals surface area contributed by atoms with Crippen molar-refractivity contribution in [3.8, 4) is 0 Å². The number of likely N-dealkylation sites (tertiary alicyclic amines) is 1.